The van der Waals surface area contributed by atoms with E-state index in [1.807, 2.05) is 13.8 Å². The zero-order chi connectivity index (χ0) is 16.6. The molecule has 0 atom stereocenters. The van der Waals surface area contributed by atoms with E-state index in [1.54, 1.807) is 0 Å². The number of anilines is 1. The molecule has 0 heterocycles. The summed E-state index contributed by atoms with van der Waals surface area (Å²) in [4.78, 5) is 4.76. The zero-order valence-corrected chi connectivity index (χ0v) is 16.5. The van der Waals surface area contributed by atoms with Crippen molar-refractivity contribution in [1.29, 1.82) is 0 Å². The van der Waals surface area contributed by atoms with E-state index in [0.29, 0.717) is 5.92 Å². The van der Waals surface area contributed by atoms with Gasteiger partial charge in [0.2, 0.25) is 0 Å². The Balaban J connectivity index is 0.00000191. The van der Waals surface area contributed by atoms with Crippen LogP contribution in [0, 0.1) is 9.02 Å². The quantitative estimate of drug-likeness (QED) is 0.594. The van der Waals surface area contributed by atoms with Crippen LogP contribution in [0.25, 0.3) is 0 Å². The van der Waals surface area contributed by atoms with Crippen molar-refractivity contribution in [3.63, 3.8) is 0 Å². The van der Waals surface area contributed by atoms with Gasteiger partial charge in [0, 0.05) is 20.1 Å². The minimum absolute atomic E-state index is 0.467. The van der Waals surface area contributed by atoms with Crippen LogP contribution in [0.15, 0.2) is 0 Å². The molecule has 0 fully saturated rings. The van der Waals surface area contributed by atoms with Gasteiger partial charge >= 0.3 is 0 Å². The maximum Gasteiger partial charge on any atom is 0.0798 e. The summed E-state index contributed by atoms with van der Waals surface area (Å²) in [6.45, 7) is 17.2. The lowest BCUT2D eigenvalue weighted by Gasteiger charge is -2.29. The molecule has 122 valence electrons. The smallest absolute Gasteiger partial charge is 0.0798 e. The van der Waals surface area contributed by atoms with Gasteiger partial charge in [0.05, 0.1) is 14.7 Å². The van der Waals surface area contributed by atoms with Crippen LogP contribution in [0.2, 0.25) is 0 Å². The van der Waals surface area contributed by atoms with E-state index in [2.05, 4.69) is 44.5 Å². The third-order valence-electron chi connectivity index (χ3n) is 3.62. The zero-order valence-electron chi connectivity index (χ0n) is 14.8. The van der Waals surface area contributed by atoms with Crippen LogP contribution in [-0.4, -0.2) is 38.1 Å². The van der Waals surface area contributed by atoms with Gasteiger partial charge in [-0.3, -0.25) is 0 Å². The van der Waals surface area contributed by atoms with Gasteiger partial charge in [-0.05, 0) is 31.0 Å². The Morgan fingerprint density at radius 1 is 0.952 bits per heavy atom. The topological polar surface area (TPSA) is 6.48 Å². The predicted octanol–water partition coefficient (Wildman–Crippen LogP) is 5.34. The van der Waals surface area contributed by atoms with Crippen LogP contribution in [0.3, 0.4) is 0 Å². The predicted molar refractivity (Wildman–Crippen MR) is 102 cm³/mol. The average molecular weight is 329 g/mol. The summed E-state index contributed by atoms with van der Waals surface area (Å²) >= 11 is 10.8. The first-order valence-corrected chi connectivity index (χ1v) is 9.02. The lowest BCUT2D eigenvalue weighted by atomic mass is 9.96. The minimum Gasteiger partial charge on any atom is -0.372 e. The Labute approximate surface area is 141 Å². The monoisotopic (exact) mass is 328 g/mol. The van der Waals surface area contributed by atoms with E-state index >= 15 is 0 Å². The van der Waals surface area contributed by atoms with Gasteiger partial charge in [-0.25, -0.2) is 0 Å². The molecule has 4 heteroatoms. The summed E-state index contributed by atoms with van der Waals surface area (Å²) in [5.74, 6) is 0.467. The highest BCUT2D eigenvalue weighted by Crippen LogP contribution is 2.35. The Morgan fingerprint density at radius 3 is 1.95 bits per heavy atom. The lowest BCUT2D eigenvalue weighted by Crippen LogP contribution is -2.34. The van der Waals surface area contributed by atoms with Crippen molar-refractivity contribution in [2.75, 3.05) is 38.1 Å². The van der Waals surface area contributed by atoms with Crippen molar-refractivity contribution >= 4 is 30.1 Å². The van der Waals surface area contributed by atoms with Crippen LogP contribution < -0.4 is 4.90 Å². The molecule has 2 nitrogen and oxygen atoms in total. The largest absolute Gasteiger partial charge is 0.372 e. The van der Waals surface area contributed by atoms with E-state index in [1.165, 1.54) is 24.2 Å². The summed E-state index contributed by atoms with van der Waals surface area (Å²) in [6.07, 6.45) is 1.21. The Morgan fingerprint density at radius 2 is 1.52 bits per heavy atom. The average Bonchev–Trinajstić information content (AvgIpc) is 2.48. The van der Waals surface area contributed by atoms with Crippen molar-refractivity contribution in [2.24, 2.45) is 0 Å². The van der Waals surface area contributed by atoms with Gasteiger partial charge in [0.15, 0.2) is 0 Å². The standard InChI is InChI=1S/C15H26N2S2.C2H6/c1-6-8-17(7-2)10-9-16(5)13-12(11(3)4)14(18)15(13)19;1-2/h11H,6-10H2,1-5H3;1-2H3. The maximum absolute atomic E-state index is 5.41. The minimum atomic E-state index is 0.467. The molecule has 0 aliphatic rings. The van der Waals surface area contributed by atoms with Crippen molar-refractivity contribution in [3.8, 4) is 0 Å². The molecule has 0 aromatic heterocycles. The van der Waals surface area contributed by atoms with Gasteiger partial charge in [0.1, 0.15) is 0 Å². The van der Waals surface area contributed by atoms with E-state index < -0.39 is 0 Å². The second-order valence-corrected chi connectivity index (χ2v) is 6.25. The third kappa shape index (κ3) is 5.42. The molecule has 1 aromatic rings. The highest BCUT2D eigenvalue weighted by Gasteiger charge is 2.20. The molecule has 0 N–H and O–H groups in total. The summed E-state index contributed by atoms with van der Waals surface area (Å²) < 4.78 is 1.80. The van der Waals surface area contributed by atoms with Gasteiger partial charge in [-0.1, -0.05) is 66.0 Å². The number of likely N-dealkylation sites (N-methyl/N-ethyl adjacent to an activating group) is 2. The van der Waals surface area contributed by atoms with Crippen molar-refractivity contribution in [3.05, 3.63) is 14.6 Å². The molecule has 1 aromatic carbocycles. The Kier molecular flexibility index (Phi) is 10.3. The van der Waals surface area contributed by atoms with Crippen LogP contribution in [0.5, 0.6) is 0 Å². The highest BCUT2D eigenvalue weighted by atomic mass is 32.1. The molecule has 0 aliphatic carbocycles. The van der Waals surface area contributed by atoms with Crippen LogP contribution >= 0.6 is 24.4 Å². The third-order valence-corrected chi connectivity index (χ3v) is 4.57. The SMILES string of the molecule is CC.CCCN(CC)CCN(C)c1c(C(C)C)c(=S)c1=S. The second kappa shape index (κ2) is 10.4. The van der Waals surface area contributed by atoms with Crippen LogP contribution in [-0.2, 0) is 0 Å². The highest BCUT2D eigenvalue weighted by molar-refractivity contribution is 7.74. The summed E-state index contributed by atoms with van der Waals surface area (Å²) in [7, 11) is 2.13. The molecule has 0 saturated heterocycles. The van der Waals surface area contributed by atoms with Gasteiger partial charge < -0.3 is 9.80 Å². The van der Waals surface area contributed by atoms with Crippen LogP contribution in [0.4, 0.5) is 5.69 Å². The van der Waals surface area contributed by atoms with Crippen molar-refractivity contribution in [2.45, 2.75) is 53.9 Å². The van der Waals surface area contributed by atoms with E-state index in [0.717, 1.165) is 28.7 Å². The molecular formula is C17H32N2S2. The Bertz CT molecular complexity index is 473. The number of rotatable bonds is 8. The molecule has 21 heavy (non-hydrogen) atoms. The summed E-state index contributed by atoms with van der Waals surface area (Å²) in [5, 5.41) is 0. The number of hydrogen-bond acceptors (Lipinski definition) is 4. The fourth-order valence-corrected chi connectivity index (χ4v) is 3.26. The van der Waals surface area contributed by atoms with E-state index in [9.17, 15) is 0 Å². The summed E-state index contributed by atoms with van der Waals surface area (Å²) in [6, 6.07) is 0. The fraction of sp³-hybridized carbons (Fsp3) is 0.765. The van der Waals surface area contributed by atoms with Crippen molar-refractivity contribution < 1.29 is 0 Å². The van der Waals surface area contributed by atoms with Gasteiger partial charge in [-0.15, -0.1) is 0 Å². The fourth-order valence-electron chi connectivity index (χ4n) is 2.46. The molecule has 0 amide bonds. The second-order valence-electron chi connectivity index (χ2n) is 5.43. The molecule has 0 bridgehead atoms. The van der Waals surface area contributed by atoms with E-state index in [-0.39, 0.29) is 0 Å². The number of hydrogen-bond donors (Lipinski definition) is 0. The summed E-state index contributed by atoms with van der Waals surface area (Å²) in [5.41, 5.74) is 2.49. The first-order valence-electron chi connectivity index (χ1n) is 8.20. The first-order chi connectivity index (χ1) is 9.93. The maximum atomic E-state index is 5.41. The molecule has 0 saturated carbocycles. The Hall–Kier alpha value is -0.320. The lowest BCUT2D eigenvalue weighted by molar-refractivity contribution is 0.295. The molecule has 0 spiro atoms. The first kappa shape index (κ1) is 20.7. The van der Waals surface area contributed by atoms with E-state index in [4.69, 9.17) is 24.4 Å². The molecule has 1 rings (SSSR count). The van der Waals surface area contributed by atoms with Crippen LogP contribution in [0.1, 0.15) is 59.4 Å². The molecule has 0 unspecified atom stereocenters. The van der Waals surface area contributed by atoms with Gasteiger partial charge in [0.25, 0.3) is 0 Å². The van der Waals surface area contributed by atoms with Gasteiger partial charge in [-0.2, -0.15) is 0 Å². The van der Waals surface area contributed by atoms with Crippen molar-refractivity contribution in [1.82, 2.24) is 4.90 Å². The molecular weight excluding hydrogens is 296 g/mol. The normalized spacial score (nSPS) is 10.9. The molecule has 0 aliphatic heterocycles. The number of nitrogens with zero attached hydrogens (tertiary/aromatic N) is 2. The molecule has 0 radical (unpaired) electrons.